The minimum absolute atomic E-state index is 0.0865. The number of hydrogen-bond donors (Lipinski definition) is 2. The number of amides is 1. The second-order valence-electron chi connectivity index (χ2n) is 11.7. The van der Waals surface area contributed by atoms with E-state index < -0.39 is 15.7 Å². The highest BCUT2D eigenvalue weighted by Crippen LogP contribution is 2.54. The number of carbonyl (C=O) groups excluding carboxylic acids is 1. The van der Waals surface area contributed by atoms with Gasteiger partial charge in [-0.05, 0) is 86.8 Å². The van der Waals surface area contributed by atoms with Crippen LogP contribution in [0.1, 0.15) is 67.4 Å². The summed E-state index contributed by atoms with van der Waals surface area (Å²) in [6.07, 6.45) is 5.94. The Kier molecular flexibility index (Phi) is 6.16. The fourth-order valence-corrected chi connectivity index (χ4v) is 7.48. The third-order valence-corrected chi connectivity index (χ3v) is 11.1. The van der Waals surface area contributed by atoms with E-state index in [0.717, 1.165) is 50.0 Å². The number of halogens is 2. The molecule has 2 N–H and O–H groups in total. The summed E-state index contributed by atoms with van der Waals surface area (Å²) in [4.78, 5) is 22.5. The molecule has 2 aliphatic heterocycles. The molecule has 1 amide bonds. The minimum atomic E-state index is -2.88. The number of pyridine rings is 1. The van der Waals surface area contributed by atoms with Crippen molar-refractivity contribution >= 4 is 32.8 Å². The highest BCUT2D eigenvalue weighted by molar-refractivity contribution is 7.93. The van der Waals surface area contributed by atoms with Crippen molar-refractivity contribution in [2.45, 2.75) is 74.4 Å². The average Bonchev–Trinajstić information content (AvgIpc) is 3.81. The largest absolute Gasteiger partial charge is 0.370 e. The summed E-state index contributed by atoms with van der Waals surface area (Å²) in [5.41, 5.74) is 2.95. The van der Waals surface area contributed by atoms with Crippen LogP contribution >= 0.6 is 0 Å². The fraction of sp³-hybridized carbons (Fsp3) is 0.571. The molecule has 7 nitrogen and oxygen atoms in total. The first-order valence-electron chi connectivity index (χ1n) is 13.6. The molecule has 0 bridgehead atoms. The van der Waals surface area contributed by atoms with Crippen molar-refractivity contribution < 1.29 is 17.8 Å². The summed E-state index contributed by atoms with van der Waals surface area (Å²) in [5.74, 6) is -2.50. The van der Waals surface area contributed by atoms with Gasteiger partial charge in [0.1, 0.15) is 11.5 Å². The molecule has 38 heavy (non-hydrogen) atoms. The van der Waals surface area contributed by atoms with Crippen molar-refractivity contribution in [3.05, 3.63) is 41.6 Å². The molecule has 4 fully saturated rings. The van der Waals surface area contributed by atoms with Crippen LogP contribution in [0.2, 0.25) is 0 Å². The molecule has 2 saturated heterocycles. The van der Waals surface area contributed by atoms with Gasteiger partial charge in [0, 0.05) is 49.2 Å². The van der Waals surface area contributed by atoms with Gasteiger partial charge in [0.05, 0.1) is 21.1 Å². The molecule has 2 saturated carbocycles. The smallest absolute Gasteiger partial charge is 0.274 e. The number of benzene rings is 1. The van der Waals surface area contributed by atoms with E-state index in [0.29, 0.717) is 21.8 Å². The third kappa shape index (κ3) is 5.11. The van der Waals surface area contributed by atoms with Gasteiger partial charge in [-0.25, -0.2) is 22.8 Å². The number of nitrogens with zero attached hydrogens (tertiary/aromatic N) is 3. The van der Waals surface area contributed by atoms with E-state index in [4.69, 9.17) is 4.78 Å². The molecule has 204 valence electrons. The van der Waals surface area contributed by atoms with Crippen LogP contribution in [0.4, 0.5) is 26.0 Å². The molecule has 3 heterocycles. The van der Waals surface area contributed by atoms with Crippen molar-refractivity contribution in [2.24, 2.45) is 5.41 Å². The maximum absolute atomic E-state index is 13.7. The SMILES string of the molecule is Cc1cc(C(=O)Nc2ccc(S(=N)(=O)C3CC3)cc2N2CCC3(CC2)CC3)nc(N2CCC(F)(F)CC2)c1. The van der Waals surface area contributed by atoms with Crippen LogP contribution in [0.15, 0.2) is 35.2 Å². The van der Waals surface area contributed by atoms with Crippen LogP contribution in [0.3, 0.4) is 0 Å². The predicted octanol–water partition coefficient (Wildman–Crippen LogP) is 5.83. The van der Waals surface area contributed by atoms with Gasteiger partial charge in [-0.1, -0.05) is 0 Å². The van der Waals surface area contributed by atoms with Crippen molar-refractivity contribution in [2.75, 3.05) is 41.3 Å². The Balaban J connectivity index is 1.27. The maximum Gasteiger partial charge on any atom is 0.274 e. The topological polar surface area (TPSA) is 89.4 Å². The zero-order valence-electron chi connectivity index (χ0n) is 21.8. The van der Waals surface area contributed by atoms with Gasteiger partial charge in [0.25, 0.3) is 11.8 Å². The summed E-state index contributed by atoms with van der Waals surface area (Å²) in [6.45, 7) is 3.98. The summed E-state index contributed by atoms with van der Waals surface area (Å²) >= 11 is 0. The van der Waals surface area contributed by atoms with Gasteiger partial charge in [0.15, 0.2) is 0 Å². The number of nitrogens with one attached hydrogen (secondary N) is 2. The number of alkyl halides is 2. The lowest BCUT2D eigenvalue weighted by Gasteiger charge is -2.35. The van der Waals surface area contributed by atoms with Crippen LogP contribution in [0.25, 0.3) is 0 Å². The van der Waals surface area contributed by atoms with Gasteiger partial charge in [-0.2, -0.15) is 0 Å². The van der Waals surface area contributed by atoms with Crippen molar-refractivity contribution in [3.63, 3.8) is 0 Å². The number of aromatic nitrogens is 1. The van der Waals surface area contributed by atoms with E-state index in [2.05, 4.69) is 15.2 Å². The Bertz CT molecular complexity index is 1350. The van der Waals surface area contributed by atoms with Gasteiger partial charge in [0.2, 0.25) is 0 Å². The molecule has 1 atom stereocenters. The summed E-state index contributed by atoms with van der Waals surface area (Å²) in [6, 6.07) is 8.85. The zero-order chi connectivity index (χ0) is 26.7. The second kappa shape index (κ2) is 9.17. The summed E-state index contributed by atoms with van der Waals surface area (Å²) in [5, 5.41) is 2.93. The molecule has 2 aliphatic carbocycles. The number of piperidine rings is 2. The molecular weight excluding hydrogens is 508 g/mol. The first-order chi connectivity index (χ1) is 18.0. The van der Waals surface area contributed by atoms with Crippen molar-refractivity contribution in [1.29, 1.82) is 4.78 Å². The molecule has 2 aromatic rings. The van der Waals surface area contributed by atoms with Gasteiger partial charge in [-0.15, -0.1) is 0 Å². The normalized spacial score (nSPS) is 23.7. The first-order valence-corrected chi connectivity index (χ1v) is 15.3. The summed E-state index contributed by atoms with van der Waals surface area (Å²) < 4.78 is 49.1. The Morgan fingerprint density at radius 2 is 1.66 bits per heavy atom. The monoisotopic (exact) mass is 543 g/mol. The Morgan fingerprint density at radius 3 is 2.29 bits per heavy atom. The lowest BCUT2D eigenvalue weighted by molar-refractivity contribution is -0.0221. The van der Waals surface area contributed by atoms with Gasteiger partial charge in [-0.3, -0.25) is 4.79 Å². The number of hydrogen-bond acceptors (Lipinski definition) is 6. The fourth-order valence-electron chi connectivity index (χ4n) is 5.74. The molecule has 1 unspecified atom stereocenters. The Labute approximate surface area is 223 Å². The van der Waals surface area contributed by atoms with E-state index >= 15 is 0 Å². The van der Waals surface area contributed by atoms with Crippen molar-refractivity contribution in [1.82, 2.24) is 4.98 Å². The molecule has 1 aromatic carbocycles. The standard InChI is InChI=1S/C28H35F2N5O2S/c1-19-16-23(32-25(17-19)35-14-10-28(29,30)11-15-35)26(36)33-22-5-4-21(38(31,37)20-2-3-20)18-24(22)34-12-8-27(6-7-27)9-13-34/h4-5,16-18,20,31H,2-3,6-15H2,1H3,(H,33,36). The molecule has 6 rings (SSSR count). The lowest BCUT2D eigenvalue weighted by Crippen LogP contribution is -2.40. The number of carbonyl (C=O) groups is 1. The number of anilines is 3. The van der Waals surface area contributed by atoms with E-state index in [1.54, 1.807) is 18.2 Å². The third-order valence-electron chi connectivity index (χ3n) is 8.69. The lowest BCUT2D eigenvalue weighted by atomic mass is 9.93. The van der Waals surface area contributed by atoms with Crippen LogP contribution in [-0.2, 0) is 9.73 Å². The highest BCUT2D eigenvalue weighted by atomic mass is 32.2. The molecule has 1 spiro atoms. The molecule has 1 aromatic heterocycles. The van der Waals surface area contributed by atoms with Gasteiger partial charge < -0.3 is 15.1 Å². The van der Waals surface area contributed by atoms with E-state index in [1.807, 2.05) is 24.0 Å². The molecule has 4 aliphatic rings. The van der Waals surface area contributed by atoms with Crippen LogP contribution in [0.5, 0.6) is 0 Å². The van der Waals surface area contributed by atoms with E-state index in [9.17, 15) is 17.8 Å². The quantitative estimate of drug-likeness (QED) is 0.479. The zero-order valence-corrected chi connectivity index (χ0v) is 22.6. The minimum Gasteiger partial charge on any atom is -0.370 e. The van der Waals surface area contributed by atoms with Crippen LogP contribution in [0, 0.1) is 17.1 Å². The van der Waals surface area contributed by atoms with Crippen molar-refractivity contribution in [3.8, 4) is 0 Å². The molecule has 10 heteroatoms. The maximum atomic E-state index is 13.7. The van der Waals surface area contributed by atoms with Crippen LogP contribution in [-0.4, -0.2) is 52.5 Å². The number of aryl methyl sites for hydroxylation is 1. The Morgan fingerprint density at radius 1 is 1.00 bits per heavy atom. The average molecular weight is 544 g/mol. The van der Waals surface area contributed by atoms with E-state index in [1.165, 1.54) is 12.8 Å². The van der Waals surface area contributed by atoms with Crippen LogP contribution < -0.4 is 15.1 Å². The second-order valence-corrected chi connectivity index (χ2v) is 14.0. The Hall–Kier alpha value is -2.75. The number of rotatable bonds is 6. The predicted molar refractivity (Wildman–Crippen MR) is 145 cm³/mol. The highest BCUT2D eigenvalue weighted by Gasteiger charge is 2.45. The summed E-state index contributed by atoms with van der Waals surface area (Å²) in [7, 11) is -2.88. The first kappa shape index (κ1) is 25.5. The molecular formula is C28H35F2N5O2S. The van der Waals surface area contributed by atoms with Gasteiger partial charge >= 0.3 is 0 Å². The van der Waals surface area contributed by atoms with E-state index in [-0.39, 0.29) is 42.8 Å². The molecule has 0 radical (unpaired) electrons.